The van der Waals surface area contributed by atoms with E-state index < -0.39 is 5.66 Å². The minimum Gasteiger partial charge on any atom is -0.310 e. The van der Waals surface area contributed by atoms with Crippen LogP contribution in [0.5, 0.6) is 0 Å². The molecule has 2 nitrogen and oxygen atoms in total. The summed E-state index contributed by atoms with van der Waals surface area (Å²) in [5.74, 6) is 0.114. The molecule has 0 radical (unpaired) electrons. The molecule has 0 fully saturated rings. The van der Waals surface area contributed by atoms with Gasteiger partial charge in [-0.3, -0.25) is 0 Å². The summed E-state index contributed by atoms with van der Waals surface area (Å²) in [6, 6.07) is 72.7. The molecule has 0 aliphatic heterocycles. The molecule has 9 aromatic carbocycles. The van der Waals surface area contributed by atoms with Crippen molar-refractivity contribution in [3.05, 3.63) is 230 Å². The molecule has 0 unspecified atom stereocenters. The third-order valence-electron chi connectivity index (χ3n) is 11.0. The van der Waals surface area contributed by atoms with Gasteiger partial charge in [0, 0.05) is 38.8 Å². The van der Waals surface area contributed by atoms with Crippen LogP contribution in [-0.2, 0) is 0 Å². The third-order valence-corrected chi connectivity index (χ3v) is 11.0. The Bertz CT molecular complexity index is 2550. The molecule has 0 bridgehead atoms. The van der Waals surface area contributed by atoms with Crippen molar-refractivity contribution in [3.63, 3.8) is 0 Å². The third kappa shape index (κ3) is 5.26. The highest BCUT2D eigenvalue weighted by Crippen LogP contribution is 2.52. The Hall–Kier alpha value is -6.90. The standard InChI is InChI=1S/C52H38N2/c1-4-18-38(19-5-1)39-32-34-52(35-33-39,53(44-24-6-2-7-25-44)50-46-28-14-10-20-40(46)36-41-21-11-15-29-47(41)50)54(45-26-8-3-9-27-45)51-48-30-16-12-22-42(48)37-43-23-13-17-31-49(43)51/h1-37,39H. The highest BCUT2D eigenvalue weighted by atomic mass is 15.4. The molecule has 1 aliphatic carbocycles. The molecular weight excluding hydrogens is 653 g/mol. The Morgan fingerprint density at radius 2 is 0.648 bits per heavy atom. The molecule has 0 saturated carbocycles. The van der Waals surface area contributed by atoms with Crippen LogP contribution in [0.2, 0.25) is 0 Å². The fourth-order valence-electron chi connectivity index (χ4n) is 8.55. The van der Waals surface area contributed by atoms with Crippen molar-refractivity contribution in [1.82, 2.24) is 0 Å². The second-order valence-corrected chi connectivity index (χ2v) is 14.1. The molecule has 0 amide bonds. The Morgan fingerprint density at radius 3 is 1.02 bits per heavy atom. The first-order chi connectivity index (χ1) is 26.8. The van der Waals surface area contributed by atoms with E-state index in [0.29, 0.717) is 0 Å². The van der Waals surface area contributed by atoms with Gasteiger partial charge in [-0.1, -0.05) is 176 Å². The molecule has 0 saturated heterocycles. The van der Waals surface area contributed by atoms with Crippen LogP contribution in [0.3, 0.4) is 0 Å². The van der Waals surface area contributed by atoms with Gasteiger partial charge in [-0.25, -0.2) is 0 Å². The molecule has 54 heavy (non-hydrogen) atoms. The summed E-state index contributed by atoms with van der Waals surface area (Å²) in [4.78, 5) is 5.19. The molecular formula is C52H38N2. The SMILES string of the molecule is C1=CC(N(c2ccccc2)c2c3ccccc3cc3ccccc23)(N(c2ccccc2)c2c3ccccc3cc3ccccc23)C=CC1c1ccccc1. The molecule has 0 atom stereocenters. The van der Waals surface area contributed by atoms with E-state index in [4.69, 9.17) is 0 Å². The Morgan fingerprint density at radius 1 is 0.333 bits per heavy atom. The van der Waals surface area contributed by atoms with E-state index in [1.54, 1.807) is 0 Å². The second kappa shape index (κ2) is 13.3. The fourth-order valence-corrected chi connectivity index (χ4v) is 8.55. The zero-order valence-electron chi connectivity index (χ0n) is 29.8. The van der Waals surface area contributed by atoms with Crippen LogP contribution in [0.4, 0.5) is 22.7 Å². The lowest BCUT2D eigenvalue weighted by Gasteiger charge is -2.52. The van der Waals surface area contributed by atoms with Crippen LogP contribution in [-0.4, -0.2) is 5.66 Å². The number of anilines is 4. The highest BCUT2D eigenvalue weighted by molar-refractivity contribution is 6.16. The number of nitrogens with zero attached hydrogens (tertiary/aromatic N) is 2. The number of hydrogen-bond donors (Lipinski definition) is 0. The predicted octanol–water partition coefficient (Wildman–Crippen LogP) is 13.9. The summed E-state index contributed by atoms with van der Waals surface area (Å²) in [5.41, 5.74) is 4.91. The molecule has 2 heteroatoms. The quantitative estimate of drug-likeness (QED) is 0.0933. The number of para-hydroxylation sites is 2. The van der Waals surface area contributed by atoms with Crippen molar-refractivity contribution in [2.75, 3.05) is 9.80 Å². The smallest absolute Gasteiger partial charge is 0.160 e. The number of rotatable bonds is 7. The zero-order chi connectivity index (χ0) is 35.9. The summed E-state index contributed by atoms with van der Waals surface area (Å²) >= 11 is 0. The molecule has 9 aromatic rings. The van der Waals surface area contributed by atoms with Crippen molar-refractivity contribution >= 4 is 65.8 Å². The van der Waals surface area contributed by atoms with Crippen LogP contribution in [0.1, 0.15) is 11.5 Å². The molecule has 256 valence electrons. The van der Waals surface area contributed by atoms with Crippen LogP contribution in [0, 0.1) is 0 Å². The Balaban J connectivity index is 1.39. The summed E-state index contributed by atoms with van der Waals surface area (Å²) in [6.45, 7) is 0. The maximum absolute atomic E-state index is 2.59. The van der Waals surface area contributed by atoms with Gasteiger partial charge in [0.25, 0.3) is 0 Å². The maximum atomic E-state index is 2.59. The van der Waals surface area contributed by atoms with E-state index in [9.17, 15) is 0 Å². The minimum atomic E-state index is -0.867. The van der Waals surface area contributed by atoms with E-state index in [2.05, 4.69) is 234 Å². The lowest BCUT2D eigenvalue weighted by Crippen LogP contribution is -2.56. The Kier molecular flexibility index (Phi) is 7.81. The number of hydrogen-bond acceptors (Lipinski definition) is 2. The number of benzene rings is 9. The number of fused-ring (bicyclic) bond motifs is 4. The average Bonchev–Trinajstić information content (AvgIpc) is 3.25. The van der Waals surface area contributed by atoms with Gasteiger partial charge in [-0.15, -0.1) is 0 Å². The van der Waals surface area contributed by atoms with E-state index in [1.165, 1.54) is 48.7 Å². The van der Waals surface area contributed by atoms with E-state index in [0.717, 1.165) is 22.7 Å². The van der Waals surface area contributed by atoms with Crippen LogP contribution >= 0.6 is 0 Å². The van der Waals surface area contributed by atoms with Crippen molar-refractivity contribution < 1.29 is 0 Å². The lowest BCUT2D eigenvalue weighted by molar-refractivity contribution is 0.631. The second-order valence-electron chi connectivity index (χ2n) is 14.1. The monoisotopic (exact) mass is 690 g/mol. The van der Waals surface area contributed by atoms with Crippen molar-refractivity contribution in [2.45, 2.75) is 11.6 Å². The van der Waals surface area contributed by atoms with Gasteiger partial charge < -0.3 is 9.80 Å². The first kappa shape index (κ1) is 31.8. The summed E-state index contributed by atoms with van der Waals surface area (Å²) in [6.07, 6.45) is 9.72. The summed E-state index contributed by atoms with van der Waals surface area (Å²) < 4.78 is 0. The summed E-state index contributed by atoms with van der Waals surface area (Å²) in [7, 11) is 0. The van der Waals surface area contributed by atoms with Gasteiger partial charge in [-0.2, -0.15) is 0 Å². The first-order valence-electron chi connectivity index (χ1n) is 18.7. The molecule has 0 aromatic heterocycles. The van der Waals surface area contributed by atoms with Gasteiger partial charge in [0.05, 0.1) is 11.4 Å². The topological polar surface area (TPSA) is 6.48 Å². The van der Waals surface area contributed by atoms with Gasteiger partial charge in [0.15, 0.2) is 5.66 Å². The molecule has 10 rings (SSSR count). The van der Waals surface area contributed by atoms with Crippen LogP contribution in [0.15, 0.2) is 224 Å². The molecule has 0 heterocycles. The zero-order valence-corrected chi connectivity index (χ0v) is 29.8. The van der Waals surface area contributed by atoms with Crippen molar-refractivity contribution in [1.29, 1.82) is 0 Å². The average molecular weight is 691 g/mol. The van der Waals surface area contributed by atoms with Crippen molar-refractivity contribution in [2.24, 2.45) is 0 Å². The van der Waals surface area contributed by atoms with Crippen LogP contribution < -0.4 is 9.80 Å². The van der Waals surface area contributed by atoms with Gasteiger partial charge in [-0.05, 0) is 75.7 Å². The maximum Gasteiger partial charge on any atom is 0.160 e. The van der Waals surface area contributed by atoms with E-state index >= 15 is 0 Å². The first-order valence-corrected chi connectivity index (χ1v) is 18.7. The Labute approximate surface area is 316 Å². The van der Waals surface area contributed by atoms with Gasteiger partial charge in [0.1, 0.15) is 0 Å². The number of allylic oxidation sites excluding steroid dienone is 2. The molecule has 0 N–H and O–H groups in total. The highest BCUT2D eigenvalue weighted by Gasteiger charge is 2.44. The summed E-state index contributed by atoms with van der Waals surface area (Å²) in [5, 5.41) is 9.60. The van der Waals surface area contributed by atoms with Gasteiger partial charge in [0.2, 0.25) is 0 Å². The minimum absolute atomic E-state index is 0.114. The van der Waals surface area contributed by atoms with E-state index in [1.807, 2.05) is 0 Å². The van der Waals surface area contributed by atoms with Crippen molar-refractivity contribution in [3.8, 4) is 0 Å². The predicted molar refractivity (Wildman–Crippen MR) is 230 cm³/mol. The molecule has 0 spiro atoms. The van der Waals surface area contributed by atoms with Gasteiger partial charge >= 0.3 is 0 Å². The van der Waals surface area contributed by atoms with E-state index in [-0.39, 0.29) is 5.92 Å². The largest absolute Gasteiger partial charge is 0.310 e. The normalized spacial score (nSPS) is 13.9. The molecule has 1 aliphatic rings. The fraction of sp³-hybridized carbons (Fsp3) is 0.0385. The lowest BCUT2D eigenvalue weighted by atomic mass is 9.86. The van der Waals surface area contributed by atoms with Crippen LogP contribution in [0.25, 0.3) is 43.1 Å².